The van der Waals surface area contributed by atoms with E-state index < -0.39 is 17.5 Å². The average Bonchev–Trinajstić information content (AvgIpc) is 2.83. The number of aromatic nitrogens is 2. The van der Waals surface area contributed by atoms with Gasteiger partial charge in [0.1, 0.15) is 11.4 Å². The van der Waals surface area contributed by atoms with E-state index in [-0.39, 0.29) is 5.69 Å². The molecule has 2 aromatic rings. The third-order valence-corrected chi connectivity index (χ3v) is 3.02. The van der Waals surface area contributed by atoms with Crippen molar-refractivity contribution in [3.05, 3.63) is 41.5 Å². The number of nitrogens with one attached hydrogen (secondary N) is 3. The van der Waals surface area contributed by atoms with Crippen LogP contribution in [0.25, 0.3) is 0 Å². The molecular formula is C16H21FN4O2. The summed E-state index contributed by atoms with van der Waals surface area (Å²) in [4.78, 5) is 11.7. The number of benzene rings is 1. The van der Waals surface area contributed by atoms with Gasteiger partial charge in [-0.25, -0.2) is 9.18 Å². The van der Waals surface area contributed by atoms with Crippen LogP contribution in [0.5, 0.6) is 0 Å². The molecule has 3 N–H and O–H groups in total. The molecule has 1 aromatic heterocycles. The van der Waals surface area contributed by atoms with Crippen LogP contribution in [0, 0.1) is 12.7 Å². The smallest absolute Gasteiger partial charge is 0.412 e. The molecule has 0 aliphatic heterocycles. The van der Waals surface area contributed by atoms with Gasteiger partial charge >= 0.3 is 6.09 Å². The van der Waals surface area contributed by atoms with Crippen LogP contribution in [0.2, 0.25) is 0 Å². The predicted octanol–water partition coefficient (Wildman–Crippen LogP) is 3.82. The minimum absolute atomic E-state index is 0.0631. The lowest BCUT2D eigenvalue weighted by molar-refractivity contribution is 0.0635. The highest BCUT2D eigenvalue weighted by molar-refractivity contribution is 5.85. The first kappa shape index (κ1) is 16.8. The maximum Gasteiger partial charge on any atom is 0.412 e. The zero-order valence-electron chi connectivity index (χ0n) is 13.7. The summed E-state index contributed by atoms with van der Waals surface area (Å²) in [6.07, 6.45) is 1.03. The standard InChI is InChI=1S/C16H21FN4O2/c1-10-11(9-19-21-10)8-18-12-5-6-13(17)14(7-12)20-15(22)23-16(2,3)4/h5-7,9,18H,8H2,1-4H3,(H,19,21)(H,20,22). The first-order valence-corrected chi connectivity index (χ1v) is 7.27. The van der Waals surface area contributed by atoms with Crippen LogP contribution in [-0.2, 0) is 11.3 Å². The minimum Gasteiger partial charge on any atom is -0.444 e. The van der Waals surface area contributed by atoms with E-state index in [0.717, 1.165) is 11.3 Å². The molecule has 1 aromatic carbocycles. The highest BCUT2D eigenvalue weighted by Crippen LogP contribution is 2.21. The SMILES string of the molecule is Cc1[nH]ncc1CNc1ccc(F)c(NC(=O)OC(C)(C)C)c1. The van der Waals surface area contributed by atoms with Crippen molar-refractivity contribution in [1.29, 1.82) is 0 Å². The van der Waals surface area contributed by atoms with Crippen LogP contribution < -0.4 is 10.6 Å². The van der Waals surface area contributed by atoms with Crippen molar-refractivity contribution in [1.82, 2.24) is 10.2 Å². The molecule has 0 atom stereocenters. The van der Waals surface area contributed by atoms with Crippen molar-refractivity contribution < 1.29 is 13.9 Å². The number of H-pyrrole nitrogens is 1. The van der Waals surface area contributed by atoms with Gasteiger partial charge in [-0.15, -0.1) is 0 Å². The highest BCUT2D eigenvalue weighted by Gasteiger charge is 2.17. The first-order valence-electron chi connectivity index (χ1n) is 7.27. The normalized spacial score (nSPS) is 11.2. The maximum atomic E-state index is 13.8. The van der Waals surface area contributed by atoms with Crippen molar-refractivity contribution in [2.24, 2.45) is 0 Å². The second-order valence-corrected chi connectivity index (χ2v) is 6.20. The van der Waals surface area contributed by atoms with Crippen molar-refractivity contribution in [2.45, 2.75) is 39.8 Å². The predicted molar refractivity (Wildman–Crippen MR) is 86.9 cm³/mol. The fourth-order valence-electron chi connectivity index (χ4n) is 1.90. The molecule has 0 bridgehead atoms. The van der Waals surface area contributed by atoms with E-state index in [1.54, 1.807) is 33.0 Å². The topological polar surface area (TPSA) is 79.0 Å². The Kier molecular flexibility index (Phi) is 4.88. The number of hydrogen-bond acceptors (Lipinski definition) is 4. The molecule has 0 spiro atoms. The molecule has 0 fully saturated rings. The zero-order valence-corrected chi connectivity index (χ0v) is 13.7. The number of halogens is 1. The van der Waals surface area contributed by atoms with Gasteiger partial charge in [0, 0.05) is 23.5 Å². The van der Waals surface area contributed by atoms with Gasteiger partial charge in [0.05, 0.1) is 11.9 Å². The van der Waals surface area contributed by atoms with Crippen LogP contribution in [0.15, 0.2) is 24.4 Å². The lowest BCUT2D eigenvalue weighted by atomic mass is 10.2. The Hall–Kier alpha value is -2.57. The molecule has 0 aliphatic carbocycles. The molecule has 124 valence electrons. The number of amides is 1. The summed E-state index contributed by atoms with van der Waals surface area (Å²) in [6, 6.07) is 4.41. The van der Waals surface area contributed by atoms with E-state index in [2.05, 4.69) is 20.8 Å². The van der Waals surface area contributed by atoms with Crippen molar-refractivity contribution in [2.75, 3.05) is 10.6 Å². The molecule has 6 nitrogen and oxygen atoms in total. The zero-order chi connectivity index (χ0) is 17.0. The second-order valence-electron chi connectivity index (χ2n) is 6.20. The summed E-state index contributed by atoms with van der Waals surface area (Å²) in [5.74, 6) is -0.527. The largest absolute Gasteiger partial charge is 0.444 e. The third kappa shape index (κ3) is 4.98. The fourth-order valence-corrected chi connectivity index (χ4v) is 1.90. The van der Waals surface area contributed by atoms with Gasteiger partial charge in [-0.3, -0.25) is 10.4 Å². The molecular weight excluding hydrogens is 299 g/mol. The number of rotatable bonds is 4. The Morgan fingerprint density at radius 2 is 2.13 bits per heavy atom. The van der Waals surface area contributed by atoms with E-state index in [4.69, 9.17) is 4.74 Å². The number of aryl methyl sites for hydroxylation is 1. The van der Waals surface area contributed by atoms with Gasteiger partial charge < -0.3 is 10.1 Å². The van der Waals surface area contributed by atoms with Gasteiger partial charge in [-0.2, -0.15) is 5.10 Å². The van der Waals surface area contributed by atoms with Crippen molar-refractivity contribution in [3.63, 3.8) is 0 Å². The Balaban J connectivity index is 2.03. The third-order valence-electron chi connectivity index (χ3n) is 3.02. The number of nitrogens with zero attached hydrogens (tertiary/aromatic N) is 1. The van der Waals surface area contributed by atoms with Crippen molar-refractivity contribution in [3.8, 4) is 0 Å². The Labute approximate surface area is 134 Å². The molecule has 0 saturated heterocycles. The van der Waals surface area contributed by atoms with Crippen LogP contribution in [0.4, 0.5) is 20.6 Å². The number of anilines is 2. The molecule has 2 rings (SSSR count). The maximum absolute atomic E-state index is 13.8. The molecule has 0 radical (unpaired) electrons. The number of carbonyl (C=O) groups is 1. The number of ether oxygens (including phenoxy) is 1. The molecule has 1 amide bonds. The summed E-state index contributed by atoms with van der Waals surface area (Å²) in [6.45, 7) is 7.69. The number of aromatic amines is 1. The number of carbonyl (C=O) groups excluding carboxylic acids is 1. The lowest BCUT2D eigenvalue weighted by Gasteiger charge is -2.20. The Morgan fingerprint density at radius 1 is 1.39 bits per heavy atom. The van der Waals surface area contributed by atoms with E-state index in [0.29, 0.717) is 12.2 Å². The summed E-state index contributed by atoms with van der Waals surface area (Å²) in [5.41, 5.74) is 2.07. The summed E-state index contributed by atoms with van der Waals surface area (Å²) < 4.78 is 18.9. The fraction of sp³-hybridized carbons (Fsp3) is 0.375. The first-order chi connectivity index (χ1) is 10.7. The summed E-state index contributed by atoms with van der Waals surface area (Å²) in [7, 11) is 0. The van der Waals surface area contributed by atoms with E-state index >= 15 is 0 Å². The monoisotopic (exact) mass is 320 g/mol. The molecule has 7 heteroatoms. The van der Waals surface area contributed by atoms with Crippen LogP contribution in [-0.4, -0.2) is 21.9 Å². The van der Waals surface area contributed by atoms with E-state index in [9.17, 15) is 9.18 Å². The van der Waals surface area contributed by atoms with Crippen LogP contribution in [0.3, 0.4) is 0 Å². The molecule has 0 unspecified atom stereocenters. The molecule has 23 heavy (non-hydrogen) atoms. The molecule has 0 aliphatic rings. The van der Waals surface area contributed by atoms with E-state index in [1.165, 1.54) is 12.1 Å². The second kappa shape index (κ2) is 6.68. The number of hydrogen-bond donors (Lipinski definition) is 3. The van der Waals surface area contributed by atoms with Gasteiger partial charge in [-0.05, 0) is 45.9 Å². The van der Waals surface area contributed by atoms with Gasteiger partial charge in [0.2, 0.25) is 0 Å². The van der Waals surface area contributed by atoms with Gasteiger partial charge in [0.25, 0.3) is 0 Å². The molecule has 1 heterocycles. The lowest BCUT2D eigenvalue weighted by Crippen LogP contribution is -2.27. The Morgan fingerprint density at radius 3 is 2.74 bits per heavy atom. The van der Waals surface area contributed by atoms with Gasteiger partial charge in [-0.1, -0.05) is 0 Å². The minimum atomic E-state index is -0.695. The van der Waals surface area contributed by atoms with E-state index in [1.807, 2.05) is 6.92 Å². The quantitative estimate of drug-likeness (QED) is 0.800. The van der Waals surface area contributed by atoms with Crippen molar-refractivity contribution >= 4 is 17.5 Å². The summed E-state index contributed by atoms with van der Waals surface area (Å²) in [5, 5.41) is 12.4. The average molecular weight is 320 g/mol. The van der Waals surface area contributed by atoms with Gasteiger partial charge in [0.15, 0.2) is 0 Å². The Bertz CT molecular complexity index is 692. The highest BCUT2D eigenvalue weighted by atomic mass is 19.1. The molecule has 0 saturated carbocycles. The van der Waals surface area contributed by atoms with Crippen LogP contribution in [0.1, 0.15) is 32.0 Å². The summed E-state index contributed by atoms with van der Waals surface area (Å²) >= 11 is 0. The van der Waals surface area contributed by atoms with Crippen LogP contribution >= 0.6 is 0 Å².